The van der Waals surface area contributed by atoms with Gasteiger partial charge in [0.15, 0.2) is 0 Å². The molecule has 1 atom stereocenters. The average Bonchev–Trinajstić information content (AvgIpc) is 2.25. The minimum absolute atomic E-state index is 0.0168. The van der Waals surface area contributed by atoms with E-state index < -0.39 is 29.4 Å². The Bertz CT molecular complexity index is 508. The van der Waals surface area contributed by atoms with E-state index in [-0.39, 0.29) is 11.1 Å². The van der Waals surface area contributed by atoms with E-state index in [9.17, 15) is 14.0 Å². The Labute approximate surface area is 110 Å². The predicted molar refractivity (Wildman–Crippen MR) is 66.1 cm³/mol. The molecule has 0 saturated heterocycles. The van der Waals surface area contributed by atoms with Crippen LogP contribution in [0.2, 0.25) is 0 Å². The monoisotopic (exact) mass is 269 g/mol. The smallest absolute Gasteiger partial charge is 0.336 e. The molecule has 0 aliphatic carbocycles. The largest absolute Gasteiger partial charge is 0.478 e. The van der Waals surface area contributed by atoms with Crippen molar-refractivity contribution < 1.29 is 23.8 Å². The first-order chi connectivity index (χ1) is 8.61. The summed E-state index contributed by atoms with van der Waals surface area (Å²) in [5, 5.41) is 8.98. The van der Waals surface area contributed by atoms with Gasteiger partial charge in [0.05, 0.1) is 5.56 Å². The van der Waals surface area contributed by atoms with E-state index in [0.29, 0.717) is 0 Å². The number of esters is 1. The van der Waals surface area contributed by atoms with Crippen LogP contribution in [0.4, 0.5) is 4.39 Å². The molecule has 1 aromatic rings. The molecule has 0 saturated carbocycles. The summed E-state index contributed by atoms with van der Waals surface area (Å²) in [5.74, 6) is -2.83. The summed E-state index contributed by atoms with van der Waals surface area (Å²) in [6.07, 6.45) is 0. The van der Waals surface area contributed by atoms with Crippen molar-refractivity contribution in [1.82, 2.24) is 0 Å². The van der Waals surface area contributed by atoms with E-state index in [0.717, 1.165) is 12.1 Å². The highest BCUT2D eigenvalue weighted by Gasteiger charge is 2.27. The summed E-state index contributed by atoms with van der Waals surface area (Å²) in [6, 6.07) is 1.77. The van der Waals surface area contributed by atoms with Gasteiger partial charge in [0, 0.05) is 0 Å². The number of aromatic carboxylic acids is 1. The Morgan fingerprint density at radius 1 is 1.37 bits per heavy atom. The fraction of sp³-hybridized carbons (Fsp3) is 0.385. The lowest BCUT2D eigenvalue weighted by molar-refractivity contribution is -0.156. The Kier molecular flexibility index (Phi) is 4.26. The summed E-state index contributed by atoms with van der Waals surface area (Å²) < 4.78 is 18.1. The summed E-state index contributed by atoms with van der Waals surface area (Å²) in [7, 11) is 0. The number of halogens is 1. The van der Waals surface area contributed by atoms with Crippen LogP contribution < -0.4 is 5.73 Å². The second-order valence-corrected chi connectivity index (χ2v) is 5.05. The predicted octanol–water partition coefficient (Wildman–Crippen LogP) is 1.87. The lowest BCUT2D eigenvalue weighted by atomic mass is 10.0. The fourth-order valence-corrected chi connectivity index (χ4v) is 1.48. The normalized spacial score (nSPS) is 12.9. The Morgan fingerprint density at radius 3 is 2.42 bits per heavy atom. The first-order valence-electron chi connectivity index (χ1n) is 5.63. The van der Waals surface area contributed by atoms with Crippen LogP contribution in [0, 0.1) is 5.82 Å². The second-order valence-electron chi connectivity index (χ2n) is 5.05. The van der Waals surface area contributed by atoms with Crippen molar-refractivity contribution in [2.45, 2.75) is 32.4 Å². The van der Waals surface area contributed by atoms with Gasteiger partial charge < -0.3 is 15.6 Å². The van der Waals surface area contributed by atoms with Gasteiger partial charge in [-0.3, -0.25) is 0 Å². The highest BCUT2D eigenvalue weighted by molar-refractivity contribution is 5.92. The lowest BCUT2D eigenvalue weighted by Gasteiger charge is -2.22. The molecule has 0 aliphatic rings. The van der Waals surface area contributed by atoms with Crippen molar-refractivity contribution in [2.75, 3.05) is 0 Å². The number of carboxylic acids is 1. The standard InChI is InChI=1S/C13H16FNO4/c1-13(2,3)19-12(18)10(15)8-5-4-7(14)6-9(8)11(16)17/h4-6,10H,15H2,1-3H3,(H,16,17). The van der Waals surface area contributed by atoms with Crippen molar-refractivity contribution in [3.63, 3.8) is 0 Å². The maximum atomic E-state index is 13.0. The molecule has 0 aliphatic heterocycles. The highest BCUT2D eigenvalue weighted by atomic mass is 19.1. The third kappa shape index (κ3) is 4.03. The van der Waals surface area contributed by atoms with Crippen molar-refractivity contribution in [1.29, 1.82) is 0 Å². The molecule has 1 aromatic carbocycles. The lowest BCUT2D eigenvalue weighted by Crippen LogP contribution is -2.32. The van der Waals surface area contributed by atoms with Gasteiger partial charge in [-0.25, -0.2) is 14.0 Å². The molecule has 3 N–H and O–H groups in total. The molecular weight excluding hydrogens is 253 g/mol. The van der Waals surface area contributed by atoms with Crippen LogP contribution in [0.25, 0.3) is 0 Å². The van der Waals surface area contributed by atoms with Crippen LogP contribution in [-0.2, 0) is 9.53 Å². The molecule has 1 rings (SSSR count). The van der Waals surface area contributed by atoms with E-state index in [4.69, 9.17) is 15.6 Å². The van der Waals surface area contributed by atoms with Crippen LogP contribution in [0.1, 0.15) is 42.7 Å². The van der Waals surface area contributed by atoms with Crippen LogP contribution in [0.15, 0.2) is 18.2 Å². The van der Waals surface area contributed by atoms with E-state index in [1.165, 1.54) is 6.07 Å². The third-order valence-electron chi connectivity index (χ3n) is 2.24. The number of carbonyl (C=O) groups is 2. The zero-order valence-electron chi connectivity index (χ0n) is 10.9. The molecule has 0 bridgehead atoms. The van der Waals surface area contributed by atoms with Gasteiger partial charge in [-0.1, -0.05) is 6.07 Å². The molecule has 19 heavy (non-hydrogen) atoms. The molecule has 6 heteroatoms. The van der Waals surface area contributed by atoms with Gasteiger partial charge in [0.2, 0.25) is 0 Å². The summed E-state index contributed by atoms with van der Waals surface area (Å²) >= 11 is 0. The van der Waals surface area contributed by atoms with Gasteiger partial charge >= 0.3 is 11.9 Å². The van der Waals surface area contributed by atoms with E-state index in [1.807, 2.05) is 0 Å². The highest BCUT2D eigenvalue weighted by Crippen LogP contribution is 2.21. The van der Waals surface area contributed by atoms with Crippen molar-refractivity contribution in [3.05, 3.63) is 35.1 Å². The quantitative estimate of drug-likeness (QED) is 0.817. The number of hydrogen-bond donors (Lipinski definition) is 2. The number of nitrogens with two attached hydrogens (primary N) is 1. The summed E-state index contributed by atoms with van der Waals surface area (Å²) in [4.78, 5) is 22.8. The van der Waals surface area contributed by atoms with E-state index in [1.54, 1.807) is 20.8 Å². The number of benzene rings is 1. The zero-order valence-corrected chi connectivity index (χ0v) is 10.9. The van der Waals surface area contributed by atoms with Crippen molar-refractivity contribution >= 4 is 11.9 Å². The zero-order chi connectivity index (χ0) is 14.8. The molecule has 0 heterocycles. The van der Waals surface area contributed by atoms with Gasteiger partial charge in [-0.2, -0.15) is 0 Å². The molecule has 0 radical (unpaired) electrons. The molecular formula is C13H16FNO4. The number of carboxylic acid groups (broad SMARTS) is 1. The average molecular weight is 269 g/mol. The van der Waals surface area contributed by atoms with Crippen LogP contribution in [-0.4, -0.2) is 22.6 Å². The molecule has 0 spiro atoms. The minimum Gasteiger partial charge on any atom is -0.478 e. The molecule has 0 aromatic heterocycles. The van der Waals surface area contributed by atoms with E-state index in [2.05, 4.69) is 0 Å². The first kappa shape index (κ1) is 15.1. The molecule has 104 valence electrons. The Balaban J connectivity index is 3.09. The topological polar surface area (TPSA) is 89.6 Å². The maximum Gasteiger partial charge on any atom is 0.336 e. The summed E-state index contributed by atoms with van der Waals surface area (Å²) in [6.45, 7) is 5.00. The van der Waals surface area contributed by atoms with Crippen molar-refractivity contribution in [3.8, 4) is 0 Å². The second kappa shape index (κ2) is 5.36. The van der Waals surface area contributed by atoms with Gasteiger partial charge in [-0.05, 0) is 38.5 Å². The molecule has 1 unspecified atom stereocenters. The number of carbonyl (C=O) groups excluding carboxylic acids is 1. The molecule has 0 amide bonds. The van der Waals surface area contributed by atoms with Crippen LogP contribution in [0.5, 0.6) is 0 Å². The fourth-order valence-electron chi connectivity index (χ4n) is 1.48. The van der Waals surface area contributed by atoms with Crippen LogP contribution >= 0.6 is 0 Å². The van der Waals surface area contributed by atoms with Crippen LogP contribution in [0.3, 0.4) is 0 Å². The summed E-state index contributed by atoms with van der Waals surface area (Å²) in [5.41, 5.74) is 4.60. The first-order valence-corrected chi connectivity index (χ1v) is 5.63. The minimum atomic E-state index is -1.35. The van der Waals surface area contributed by atoms with Gasteiger partial charge in [0.1, 0.15) is 17.5 Å². The van der Waals surface area contributed by atoms with Gasteiger partial charge in [0.25, 0.3) is 0 Å². The van der Waals surface area contributed by atoms with E-state index >= 15 is 0 Å². The molecule has 5 nitrogen and oxygen atoms in total. The number of rotatable bonds is 3. The Hall–Kier alpha value is -1.95. The third-order valence-corrected chi connectivity index (χ3v) is 2.24. The Morgan fingerprint density at radius 2 is 1.95 bits per heavy atom. The number of ether oxygens (including phenoxy) is 1. The molecule has 0 fully saturated rings. The SMILES string of the molecule is CC(C)(C)OC(=O)C(N)c1ccc(F)cc1C(=O)O. The van der Waals surface area contributed by atoms with Gasteiger partial charge in [-0.15, -0.1) is 0 Å². The van der Waals surface area contributed by atoms with Crippen molar-refractivity contribution in [2.24, 2.45) is 5.73 Å². The number of hydrogen-bond acceptors (Lipinski definition) is 4. The maximum absolute atomic E-state index is 13.0.